The van der Waals surface area contributed by atoms with Crippen molar-refractivity contribution in [2.45, 2.75) is 6.18 Å². The Hall–Kier alpha value is -3.23. The summed E-state index contributed by atoms with van der Waals surface area (Å²) >= 11 is 0. The molecule has 2 amide bonds. The van der Waals surface area contributed by atoms with E-state index < -0.39 is 39.9 Å². The molecular weight excluding hydrogens is 329 g/mol. The number of hydrogen-bond donors (Lipinski definition) is 0. The zero-order chi connectivity index (χ0) is 17.6. The molecule has 0 aromatic heterocycles. The van der Waals surface area contributed by atoms with E-state index in [0.29, 0.717) is 17.0 Å². The summed E-state index contributed by atoms with van der Waals surface area (Å²) in [7, 11) is 0. The van der Waals surface area contributed by atoms with Gasteiger partial charge in [0, 0.05) is 6.07 Å². The average Bonchev–Trinajstić information content (AvgIpc) is 2.78. The van der Waals surface area contributed by atoms with Crippen LogP contribution in [0.25, 0.3) is 0 Å². The highest BCUT2D eigenvalue weighted by molar-refractivity contribution is 6.35. The van der Waals surface area contributed by atoms with Crippen molar-refractivity contribution in [3.63, 3.8) is 0 Å². The fourth-order valence-electron chi connectivity index (χ4n) is 2.44. The third-order valence-electron chi connectivity index (χ3n) is 3.53. The molecule has 1 heterocycles. The third-order valence-corrected chi connectivity index (χ3v) is 3.53. The number of benzene rings is 2. The zero-order valence-corrected chi connectivity index (χ0v) is 11.7. The molecular formula is C15H7F3N2O4. The van der Waals surface area contributed by atoms with Gasteiger partial charge in [-0.2, -0.15) is 13.2 Å². The third kappa shape index (κ3) is 2.30. The van der Waals surface area contributed by atoms with Crippen molar-refractivity contribution in [1.82, 2.24) is 0 Å². The normalized spacial score (nSPS) is 14.0. The van der Waals surface area contributed by atoms with Gasteiger partial charge in [-0.3, -0.25) is 19.7 Å². The van der Waals surface area contributed by atoms with Crippen molar-refractivity contribution >= 4 is 23.2 Å². The highest BCUT2D eigenvalue weighted by Gasteiger charge is 2.41. The number of carbonyl (C=O) groups is 2. The Kier molecular flexibility index (Phi) is 3.36. The summed E-state index contributed by atoms with van der Waals surface area (Å²) in [6, 6.07) is 7.40. The lowest BCUT2D eigenvalue weighted by Gasteiger charge is -2.15. The number of hydrogen-bond acceptors (Lipinski definition) is 4. The first-order valence-electron chi connectivity index (χ1n) is 6.55. The zero-order valence-electron chi connectivity index (χ0n) is 11.7. The van der Waals surface area contributed by atoms with Gasteiger partial charge in [0.05, 0.1) is 21.6 Å². The van der Waals surface area contributed by atoms with E-state index >= 15 is 0 Å². The van der Waals surface area contributed by atoms with Gasteiger partial charge >= 0.3 is 6.18 Å². The van der Waals surface area contributed by atoms with Crippen molar-refractivity contribution in [1.29, 1.82) is 0 Å². The molecule has 0 saturated heterocycles. The van der Waals surface area contributed by atoms with Gasteiger partial charge in [0.15, 0.2) is 0 Å². The SMILES string of the molecule is O=C1c2ccccc2C(=O)N1c1ccc(C(F)(F)F)cc1[N+](=O)[O-]. The minimum Gasteiger partial charge on any atom is -0.268 e. The first-order chi connectivity index (χ1) is 11.2. The van der Waals surface area contributed by atoms with E-state index in [1.807, 2.05) is 0 Å². The fourth-order valence-corrected chi connectivity index (χ4v) is 2.44. The summed E-state index contributed by atoms with van der Waals surface area (Å²) in [5.74, 6) is -1.64. The number of alkyl halides is 3. The van der Waals surface area contributed by atoms with Crippen LogP contribution in [0, 0.1) is 10.1 Å². The Morgan fingerprint density at radius 3 is 1.96 bits per heavy atom. The van der Waals surface area contributed by atoms with Crippen LogP contribution in [-0.2, 0) is 6.18 Å². The molecule has 2 aromatic rings. The number of rotatable bonds is 2. The molecule has 0 spiro atoms. The summed E-state index contributed by atoms with van der Waals surface area (Å²) < 4.78 is 38.2. The smallest absolute Gasteiger partial charge is 0.268 e. The van der Waals surface area contributed by atoms with Gasteiger partial charge in [-0.25, -0.2) is 4.90 Å². The molecule has 24 heavy (non-hydrogen) atoms. The summed E-state index contributed by atoms with van der Waals surface area (Å²) in [6.07, 6.45) is -4.79. The molecule has 0 bridgehead atoms. The molecule has 2 aromatic carbocycles. The van der Waals surface area contributed by atoms with Crippen LogP contribution in [0.2, 0.25) is 0 Å². The molecule has 9 heteroatoms. The molecule has 6 nitrogen and oxygen atoms in total. The number of nitro groups is 1. The quantitative estimate of drug-likeness (QED) is 0.478. The van der Waals surface area contributed by atoms with Gasteiger partial charge in [0.25, 0.3) is 17.5 Å². The number of fused-ring (bicyclic) bond motifs is 1. The summed E-state index contributed by atoms with van der Waals surface area (Å²) in [4.78, 5) is 35.2. The van der Waals surface area contributed by atoms with Crippen LogP contribution in [-0.4, -0.2) is 16.7 Å². The number of imide groups is 1. The summed E-state index contributed by atoms with van der Waals surface area (Å²) in [5, 5.41) is 11.1. The molecule has 0 atom stereocenters. The van der Waals surface area contributed by atoms with Gasteiger partial charge in [0.2, 0.25) is 0 Å². The number of anilines is 1. The molecule has 1 aliphatic rings. The second-order valence-electron chi connectivity index (χ2n) is 4.95. The first kappa shape index (κ1) is 15.7. The van der Waals surface area contributed by atoms with Crippen LogP contribution in [0.3, 0.4) is 0 Å². The van der Waals surface area contributed by atoms with Gasteiger partial charge in [-0.1, -0.05) is 12.1 Å². The summed E-state index contributed by atoms with van der Waals surface area (Å²) in [6.45, 7) is 0. The van der Waals surface area contributed by atoms with Crippen molar-refractivity contribution in [2.75, 3.05) is 4.90 Å². The van der Waals surface area contributed by atoms with Crippen LogP contribution in [0.1, 0.15) is 26.3 Å². The number of amides is 2. The molecule has 0 radical (unpaired) electrons. The van der Waals surface area contributed by atoms with Crippen LogP contribution >= 0.6 is 0 Å². The second kappa shape index (κ2) is 5.15. The maximum atomic E-state index is 12.7. The Balaban J connectivity index is 2.16. The minimum atomic E-state index is -4.79. The standard InChI is InChI=1S/C15H7F3N2O4/c16-15(17,18)8-5-6-11(12(7-8)20(23)24)19-13(21)9-3-1-2-4-10(9)14(19)22/h1-7H. The molecule has 1 aliphatic heterocycles. The number of carbonyl (C=O) groups excluding carboxylic acids is 2. The van der Waals surface area contributed by atoms with Gasteiger partial charge in [-0.15, -0.1) is 0 Å². The first-order valence-corrected chi connectivity index (χ1v) is 6.55. The minimum absolute atomic E-state index is 0.0386. The van der Waals surface area contributed by atoms with E-state index in [-0.39, 0.29) is 11.1 Å². The Morgan fingerprint density at radius 1 is 0.958 bits per heavy atom. The van der Waals surface area contributed by atoms with Crippen LogP contribution in [0.15, 0.2) is 42.5 Å². The van der Waals surface area contributed by atoms with E-state index in [2.05, 4.69) is 0 Å². The second-order valence-corrected chi connectivity index (χ2v) is 4.95. The summed E-state index contributed by atoms with van der Waals surface area (Å²) in [5.41, 5.74) is -2.64. The average molecular weight is 336 g/mol. The van der Waals surface area contributed by atoms with Crippen molar-refractivity contribution in [3.05, 3.63) is 69.3 Å². The van der Waals surface area contributed by atoms with Crippen molar-refractivity contribution in [2.24, 2.45) is 0 Å². The Bertz CT molecular complexity index is 858. The van der Waals surface area contributed by atoms with E-state index in [9.17, 15) is 32.9 Å². The van der Waals surface area contributed by atoms with E-state index in [1.54, 1.807) is 0 Å². The molecule has 3 rings (SSSR count). The monoisotopic (exact) mass is 336 g/mol. The maximum absolute atomic E-state index is 12.7. The van der Waals surface area contributed by atoms with E-state index in [0.717, 1.165) is 6.07 Å². The maximum Gasteiger partial charge on any atom is 0.416 e. The fraction of sp³-hybridized carbons (Fsp3) is 0.0667. The van der Waals surface area contributed by atoms with Gasteiger partial charge in [-0.05, 0) is 24.3 Å². The highest BCUT2D eigenvalue weighted by atomic mass is 19.4. The molecule has 122 valence electrons. The largest absolute Gasteiger partial charge is 0.416 e. The molecule has 0 saturated carbocycles. The van der Waals surface area contributed by atoms with E-state index in [1.165, 1.54) is 24.3 Å². The topological polar surface area (TPSA) is 80.5 Å². The van der Waals surface area contributed by atoms with Gasteiger partial charge in [0.1, 0.15) is 5.69 Å². The molecule has 0 unspecified atom stereocenters. The number of nitrogens with zero attached hydrogens (tertiary/aromatic N) is 2. The van der Waals surface area contributed by atoms with E-state index in [4.69, 9.17) is 0 Å². The molecule has 0 aliphatic carbocycles. The number of halogens is 3. The Morgan fingerprint density at radius 2 is 1.50 bits per heavy atom. The van der Waals surface area contributed by atoms with Crippen molar-refractivity contribution < 1.29 is 27.7 Å². The predicted octanol–water partition coefficient (Wildman–Crippen LogP) is 3.41. The lowest BCUT2D eigenvalue weighted by atomic mass is 10.1. The van der Waals surface area contributed by atoms with Crippen LogP contribution in [0.5, 0.6) is 0 Å². The predicted molar refractivity (Wildman–Crippen MR) is 75.7 cm³/mol. The van der Waals surface area contributed by atoms with Crippen molar-refractivity contribution in [3.8, 4) is 0 Å². The Labute approximate surface area is 132 Å². The van der Waals surface area contributed by atoms with Gasteiger partial charge < -0.3 is 0 Å². The number of nitro benzene ring substituents is 1. The lowest BCUT2D eigenvalue weighted by molar-refractivity contribution is -0.384. The lowest BCUT2D eigenvalue weighted by Crippen LogP contribution is -2.30. The van der Waals surface area contributed by atoms with Crippen LogP contribution < -0.4 is 4.90 Å². The molecule has 0 fully saturated rings. The molecule has 0 N–H and O–H groups in total. The highest BCUT2D eigenvalue weighted by Crippen LogP contribution is 2.39. The van der Waals surface area contributed by atoms with Crippen LogP contribution in [0.4, 0.5) is 24.5 Å².